The van der Waals surface area contributed by atoms with Crippen LogP contribution in [0.1, 0.15) is 12.8 Å². The molecule has 0 unspecified atom stereocenters. The molecule has 2 nitrogen and oxygen atoms in total. The number of anilines is 2. The Hall–Kier alpha value is -6.12. The van der Waals surface area contributed by atoms with Crippen LogP contribution in [0.2, 0.25) is 0 Å². The number of benzene rings is 7. The van der Waals surface area contributed by atoms with E-state index in [1.165, 1.54) is 71.9 Å². The van der Waals surface area contributed by atoms with E-state index in [1.54, 1.807) is 0 Å². The van der Waals surface area contributed by atoms with Crippen molar-refractivity contribution in [2.45, 2.75) is 12.8 Å². The van der Waals surface area contributed by atoms with Gasteiger partial charge in [0.2, 0.25) is 0 Å². The van der Waals surface area contributed by atoms with Gasteiger partial charge in [-0.05, 0) is 94.9 Å². The molecule has 8 aromatic rings. The molecular weight excluding hydrogens is 581 g/mol. The Kier molecular flexibility index (Phi) is 6.98. The van der Waals surface area contributed by atoms with E-state index in [0.29, 0.717) is 0 Å². The molecule has 7 aromatic carbocycles. The highest BCUT2D eigenvalue weighted by molar-refractivity contribution is 6.14. The second-order valence-electron chi connectivity index (χ2n) is 12.5. The number of hydrogen-bond acceptors (Lipinski definition) is 1. The third-order valence-electron chi connectivity index (χ3n) is 9.66. The molecule has 1 heterocycles. The third kappa shape index (κ3) is 4.90. The molecule has 0 bridgehead atoms. The zero-order chi connectivity index (χ0) is 31.9. The summed E-state index contributed by atoms with van der Waals surface area (Å²) in [5.41, 5.74) is 12.3. The van der Waals surface area contributed by atoms with Crippen molar-refractivity contribution >= 4 is 49.7 Å². The first-order chi connectivity index (χ1) is 23.8. The maximum atomic E-state index is 2.49. The lowest BCUT2D eigenvalue weighted by Crippen LogP contribution is -2.19. The first kappa shape index (κ1) is 28.1. The van der Waals surface area contributed by atoms with Gasteiger partial charge < -0.3 is 9.47 Å². The summed E-state index contributed by atoms with van der Waals surface area (Å²) in [6.45, 7) is 0. The standard InChI is InChI=1S/C46H34N2/c1-4-14-33(15-5-1)37-24-29-45(42(30-37)34-16-6-2-7-17-34)47(38-20-8-3-9-21-38)39-25-27-40(28-26-39)48-44-23-13-12-22-41(44)43-31-35-18-10-11-19-36(35)32-46(43)48/h1-25,27,29-32H,26,28H2. The summed E-state index contributed by atoms with van der Waals surface area (Å²) in [5.74, 6) is 0. The van der Waals surface area contributed by atoms with Crippen molar-refractivity contribution in [1.29, 1.82) is 0 Å². The molecule has 9 rings (SSSR count). The number of rotatable bonds is 6. The van der Waals surface area contributed by atoms with Gasteiger partial charge in [-0.1, -0.05) is 127 Å². The van der Waals surface area contributed by atoms with Gasteiger partial charge in [0.15, 0.2) is 0 Å². The highest BCUT2D eigenvalue weighted by Crippen LogP contribution is 2.43. The minimum Gasteiger partial charge on any atom is -0.314 e. The van der Waals surface area contributed by atoms with E-state index in [0.717, 1.165) is 18.5 Å². The smallest absolute Gasteiger partial charge is 0.0544 e. The van der Waals surface area contributed by atoms with Gasteiger partial charge in [0.05, 0.1) is 16.7 Å². The van der Waals surface area contributed by atoms with E-state index in [4.69, 9.17) is 0 Å². The molecule has 2 heteroatoms. The summed E-state index contributed by atoms with van der Waals surface area (Å²) in [4.78, 5) is 2.46. The predicted octanol–water partition coefficient (Wildman–Crippen LogP) is 12.6. The Bertz CT molecular complexity index is 2490. The van der Waals surface area contributed by atoms with Gasteiger partial charge in [-0.15, -0.1) is 0 Å². The van der Waals surface area contributed by atoms with E-state index < -0.39 is 0 Å². The summed E-state index contributed by atoms with van der Waals surface area (Å²) in [7, 11) is 0. The molecule has 228 valence electrons. The summed E-state index contributed by atoms with van der Waals surface area (Å²) in [6, 6.07) is 61.4. The van der Waals surface area contributed by atoms with E-state index in [1.807, 2.05) is 0 Å². The lowest BCUT2D eigenvalue weighted by molar-refractivity contribution is 0.895. The number of hydrogen-bond donors (Lipinski definition) is 0. The Labute approximate surface area is 281 Å². The summed E-state index contributed by atoms with van der Waals surface area (Å²) < 4.78 is 2.49. The monoisotopic (exact) mass is 614 g/mol. The largest absolute Gasteiger partial charge is 0.314 e. The van der Waals surface area contributed by atoms with Crippen molar-refractivity contribution in [3.05, 3.63) is 188 Å². The molecule has 0 saturated heterocycles. The zero-order valence-corrected chi connectivity index (χ0v) is 26.6. The topological polar surface area (TPSA) is 8.17 Å². The number of fused-ring (bicyclic) bond motifs is 4. The average Bonchev–Trinajstić information content (AvgIpc) is 3.48. The van der Waals surface area contributed by atoms with Crippen LogP contribution in [0.25, 0.3) is 60.5 Å². The van der Waals surface area contributed by atoms with Crippen LogP contribution in [0, 0.1) is 0 Å². The molecule has 0 radical (unpaired) electrons. The van der Waals surface area contributed by atoms with Gasteiger partial charge in [0.1, 0.15) is 0 Å². The molecule has 1 aliphatic rings. The van der Waals surface area contributed by atoms with Crippen LogP contribution in [0.4, 0.5) is 11.4 Å². The summed E-state index contributed by atoms with van der Waals surface area (Å²) >= 11 is 0. The number of aromatic nitrogens is 1. The lowest BCUT2D eigenvalue weighted by Gasteiger charge is -2.32. The first-order valence-corrected chi connectivity index (χ1v) is 16.7. The van der Waals surface area contributed by atoms with Gasteiger partial charge in [0, 0.05) is 33.4 Å². The molecule has 0 amide bonds. The van der Waals surface area contributed by atoms with Gasteiger partial charge in [0.25, 0.3) is 0 Å². The minimum absolute atomic E-state index is 0.914. The van der Waals surface area contributed by atoms with Crippen molar-refractivity contribution in [2.24, 2.45) is 0 Å². The molecule has 0 spiro atoms. The maximum Gasteiger partial charge on any atom is 0.0544 e. The van der Waals surface area contributed by atoms with Gasteiger partial charge in [-0.2, -0.15) is 0 Å². The Morgan fingerprint density at radius 2 is 1.08 bits per heavy atom. The highest BCUT2D eigenvalue weighted by atomic mass is 15.2. The lowest BCUT2D eigenvalue weighted by atomic mass is 9.95. The number of allylic oxidation sites excluding steroid dienone is 4. The fourth-order valence-electron chi connectivity index (χ4n) is 7.38. The van der Waals surface area contributed by atoms with E-state index in [-0.39, 0.29) is 0 Å². The molecule has 48 heavy (non-hydrogen) atoms. The van der Waals surface area contributed by atoms with Crippen molar-refractivity contribution in [3.8, 4) is 22.3 Å². The Morgan fingerprint density at radius 1 is 0.438 bits per heavy atom. The Morgan fingerprint density at radius 3 is 1.81 bits per heavy atom. The molecule has 1 aromatic heterocycles. The molecule has 0 fully saturated rings. The van der Waals surface area contributed by atoms with Crippen LogP contribution in [-0.2, 0) is 0 Å². The molecule has 1 aliphatic carbocycles. The van der Waals surface area contributed by atoms with Crippen molar-refractivity contribution in [3.63, 3.8) is 0 Å². The van der Waals surface area contributed by atoms with Crippen molar-refractivity contribution in [2.75, 3.05) is 4.90 Å². The number of nitrogens with zero attached hydrogens (tertiary/aromatic N) is 2. The molecular formula is C46H34N2. The summed E-state index contributed by atoms with van der Waals surface area (Å²) in [5, 5.41) is 5.14. The predicted molar refractivity (Wildman–Crippen MR) is 204 cm³/mol. The van der Waals surface area contributed by atoms with Crippen LogP contribution >= 0.6 is 0 Å². The summed E-state index contributed by atoms with van der Waals surface area (Å²) in [6.07, 6.45) is 6.53. The van der Waals surface area contributed by atoms with E-state index in [9.17, 15) is 0 Å². The molecule has 0 atom stereocenters. The van der Waals surface area contributed by atoms with Crippen LogP contribution in [0.5, 0.6) is 0 Å². The van der Waals surface area contributed by atoms with Crippen LogP contribution < -0.4 is 4.90 Å². The Balaban J connectivity index is 1.21. The second kappa shape index (κ2) is 11.9. The minimum atomic E-state index is 0.914. The fraction of sp³-hybridized carbons (Fsp3) is 0.0435. The quantitative estimate of drug-likeness (QED) is 0.181. The van der Waals surface area contributed by atoms with Crippen LogP contribution in [0.3, 0.4) is 0 Å². The van der Waals surface area contributed by atoms with Gasteiger partial charge in [-0.3, -0.25) is 0 Å². The maximum absolute atomic E-state index is 2.49. The molecule has 0 N–H and O–H groups in total. The molecule has 0 aliphatic heterocycles. The normalized spacial score (nSPS) is 13.1. The third-order valence-corrected chi connectivity index (χ3v) is 9.66. The van der Waals surface area contributed by atoms with Crippen LogP contribution in [0.15, 0.2) is 188 Å². The number of para-hydroxylation sites is 2. The van der Waals surface area contributed by atoms with Crippen molar-refractivity contribution < 1.29 is 0 Å². The highest BCUT2D eigenvalue weighted by Gasteiger charge is 2.23. The second-order valence-corrected chi connectivity index (χ2v) is 12.5. The van der Waals surface area contributed by atoms with Crippen molar-refractivity contribution in [1.82, 2.24) is 4.57 Å². The average molecular weight is 615 g/mol. The van der Waals surface area contributed by atoms with E-state index in [2.05, 4.69) is 191 Å². The fourth-order valence-corrected chi connectivity index (χ4v) is 7.38. The van der Waals surface area contributed by atoms with Gasteiger partial charge >= 0.3 is 0 Å². The zero-order valence-electron chi connectivity index (χ0n) is 26.6. The molecule has 0 saturated carbocycles. The van der Waals surface area contributed by atoms with E-state index >= 15 is 0 Å². The SMILES string of the molecule is C1=C(N(c2ccccc2)c2ccc(-c3ccccc3)cc2-c2ccccc2)CCC(n2c3ccccc3c3cc4ccccc4cc32)=C1. The first-order valence-electron chi connectivity index (χ1n) is 16.7. The van der Waals surface area contributed by atoms with Crippen LogP contribution in [-0.4, -0.2) is 4.57 Å². The van der Waals surface area contributed by atoms with Gasteiger partial charge in [-0.25, -0.2) is 0 Å².